The summed E-state index contributed by atoms with van der Waals surface area (Å²) in [5.74, 6) is 0.894. The summed E-state index contributed by atoms with van der Waals surface area (Å²) in [7, 11) is 0. The first-order chi connectivity index (χ1) is 21.2. The first-order valence-corrected chi connectivity index (χ1v) is 15.1. The van der Waals surface area contributed by atoms with Gasteiger partial charge in [0.15, 0.2) is 0 Å². The molecule has 1 aliphatic rings. The molecule has 0 saturated heterocycles. The summed E-state index contributed by atoms with van der Waals surface area (Å²) in [5.41, 5.74) is 9.60. The van der Waals surface area contributed by atoms with E-state index in [2.05, 4.69) is 146 Å². The first-order valence-electron chi connectivity index (χ1n) is 15.1. The number of anilines is 3. The third-order valence-electron chi connectivity index (χ3n) is 9.03. The molecule has 0 radical (unpaired) electrons. The number of hydrogen-bond acceptors (Lipinski definition) is 3. The fourth-order valence-electron chi connectivity index (χ4n) is 6.67. The molecule has 0 spiro atoms. The molecule has 224 valence electrons. The fourth-order valence-corrected chi connectivity index (χ4v) is 6.67. The van der Waals surface area contributed by atoms with Crippen molar-refractivity contribution in [2.24, 2.45) is 0 Å². The Kier molecular flexibility index (Phi) is 6.87. The van der Waals surface area contributed by atoms with Gasteiger partial charge in [0.1, 0.15) is 5.82 Å². The summed E-state index contributed by atoms with van der Waals surface area (Å²) < 4.78 is 4.12. The average Bonchev–Trinajstić information content (AvgIpc) is 3.68. The van der Waals surface area contributed by atoms with E-state index in [4.69, 9.17) is 4.98 Å². The van der Waals surface area contributed by atoms with Crippen molar-refractivity contribution in [2.45, 2.75) is 45.4 Å². The maximum Gasteiger partial charge on any atom is 2.00 e. The van der Waals surface area contributed by atoms with Gasteiger partial charge in [-0.05, 0) is 63.4 Å². The second-order valence-corrected chi connectivity index (χ2v) is 13.1. The summed E-state index contributed by atoms with van der Waals surface area (Å²) in [4.78, 5) is 7.19. The molecule has 6 heteroatoms. The van der Waals surface area contributed by atoms with Crippen LogP contribution in [0.4, 0.5) is 17.1 Å². The molecular weight excluding hydrogens is 734 g/mol. The van der Waals surface area contributed by atoms with Crippen LogP contribution in [0.3, 0.4) is 0 Å². The topological polar surface area (TPSA) is 38.9 Å². The van der Waals surface area contributed by atoms with Gasteiger partial charge in [-0.1, -0.05) is 87.9 Å². The number of nitrogens with zero attached hydrogens (tertiary/aromatic N) is 5. The van der Waals surface area contributed by atoms with E-state index >= 15 is 0 Å². The molecule has 7 aromatic rings. The molecule has 0 atom stereocenters. The van der Waals surface area contributed by atoms with Crippen LogP contribution < -0.4 is 4.90 Å². The van der Waals surface area contributed by atoms with Crippen LogP contribution >= 0.6 is 0 Å². The van der Waals surface area contributed by atoms with Crippen LogP contribution in [0.5, 0.6) is 0 Å². The number of hydrogen-bond donors (Lipinski definition) is 0. The molecule has 0 fully saturated rings. The van der Waals surface area contributed by atoms with E-state index in [1.54, 1.807) is 6.20 Å². The van der Waals surface area contributed by atoms with Crippen LogP contribution in [0.1, 0.15) is 51.3 Å². The zero-order valence-corrected chi connectivity index (χ0v) is 28.2. The molecule has 4 heterocycles. The van der Waals surface area contributed by atoms with E-state index in [-0.39, 0.29) is 31.9 Å². The van der Waals surface area contributed by atoms with Crippen molar-refractivity contribution in [2.75, 3.05) is 4.90 Å². The first kappa shape index (κ1) is 29.3. The second kappa shape index (κ2) is 10.6. The molecule has 0 aliphatic carbocycles. The van der Waals surface area contributed by atoms with Crippen molar-refractivity contribution < 1.29 is 21.1 Å². The van der Waals surface area contributed by atoms with Crippen molar-refractivity contribution in [3.8, 4) is 11.5 Å². The molecular formula is C39H33N5Pt. The van der Waals surface area contributed by atoms with Gasteiger partial charge < -0.3 is 9.47 Å². The monoisotopic (exact) mass is 766 g/mol. The van der Waals surface area contributed by atoms with E-state index in [9.17, 15) is 0 Å². The van der Waals surface area contributed by atoms with E-state index in [1.807, 2.05) is 23.1 Å². The number of rotatable bonds is 3. The van der Waals surface area contributed by atoms with Crippen molar-refractivity contribution >= 4 is 38.9 Å². The molecule has 1 aliphatic heterocycles. The summed E-state index contributed by atoms with van der Waals surface area (Å²) in [6.07, 6.45) is 5.68. The Balaban J connectivity index is 0.00000325. The summed E-state index contributed by atoms with van der Waals surface area (Å²) >= 11 is 0. The van der Waals surface area contributed by atoms with Gasteiger partial charge in [-0.3, -0.25) is 4.68 Å². The van der Waals surface area contributed by atoms with Crippen LogP contribution in [0.15, 0.2) is 110 Å². The zero-order valence-electron chi connectivity index (χ0n) is 25.9. The van der Waals surface area contributed by atoms with Gasteiger partial charge in [0.2, 0.25) is 0 Å². The van der Waals surface area contributed by atoms with Crippen molar-refractivity contribution in [3.05, 3.63) is 138 Å². The number of para-hydroxylation sites is 2. The Bertz CT molecular complexity index is 2200. The van der Waals surface area contributed by atoms with Gasteiger partial charge in [-0.2, -0.15) is 17.2 Å². The average molecular weight is 767 g/mol. The smallest absolute Gasteiger partial charge is 0.358 e. The number of pyridine rings is 1. The molecule has 8 rings (SSSR count). The van der Waals surface area contributed by atoms with Crippen molar-refractivity contribution in [3.63, 3.8) is 0 Å². The third kappa shape index (κ3) is 4.56. The quantitative estimate of drug-likeness (QED) is 0.168. The molecule has 3 aromatic heterocycles. The SMILES string of the molecule is CC(C)(C)c1ccnc(-n2c3[c-]c(N4c5[c-]c(-n6cccn6)ccc5C(C)(C)c5ccccc54)ccc3c3ccccc32)c1.[Pt+2]. The van der Waals surface area contributed by atoms with Crippen molar-refractivity contribution in [1.82, 2.24) is 19.3 Å². The Morgan fingerprint density at radius 1 is 0.733 bits per heavy atom. The minimum absolute atomic E-state index is 0. The van der Waals surface area contributed by atoms with E-state index < -0.39 is 0 Å². The van der Waals surface area contributed by atoms with Gasteiger partial charge in [0.05, 0.1) is 0 Å². The Hall–Kier alpha value is -4.47. The van der Waals surface area contributed by atoms with Crippen LogP contribution in [0, 0.1) is 12.1 Å². The molecule has 0 amide bonds. The van der Waals surface area contributed by atoms with Gasteiger partial charge in [0.25, 0.3) is 0 Å². The van der Waals surface area contributed by atoms with Crippen LogP contribution in [-0.2, 0) is 31.9 Å². The van der Waals surface area contributed by atoms with Gasteiger partial charge in [-0.15, -0.1) is 35.2 Å². The maximum atomic E-state index is 4.88. The van der Waals surface area contributed by atoms with Gasteiger partial charge in [-0.25, -0.2) is 4.98 Å². The predicted octanol–water partition coefficient (Wildman–Crippen LogP) is 9.37. The summed E-state index contributed by atoms with van der Waals surface area (Å²) in [6, 6.07) is 39.9. The largest absolute Gasteiger partial charge is 2.00 e. The summed E-state index contributed by atoms with van der Waals surface area (Å²) in [6.45, 7) is 11.3. The van der Waals surface area contributed by atoms with Crippen molar-refractivity contribution in [1.29, 1.82) is 0 Å². The Morgan fingerprint density at radius 2 is 1.51 bits per heavy atom. The Morgan fingerprint density at radius 3 is 2.31 bits per heavy atom. The molecule has 5 nitrogen and oxygen atoms in total. The minimum atomic E-state index is -0.210. The molecule has 45 heavy (non-hydrogen) atoms. The second-order valence-electron chi connectivity index (χ2n) is 13.1. The molecule has 0 bridgehead atoms. The van der Waals surface area contributed by atoms with Crippen LogP contribution in [-0.4, -0.2) is 19.3 Å². The maximum absolute atomic E-state index is 4.88. The number of benzene rings is 4. The van der Waals surface area contributed by atoms with Crippen LogP contribution in [0.2, 0.25) is 0 Å². The zero-order chi connectivity index (χ0) is 30.2. The number of aromatic nitrogens is 4. The molecule has 0 N–H and O–H groups in total. The number of fused-ring (bicyclic) bond motifs is 5. The predicted molar refractivity (Wildman–Crippen MR) is 179 cm³/mol. The molecule has 4 aromatic carbocycles. The molecule has 0 saturated carbocycles. The minimum Gasteiger partial charge on any atom is -0.358 e. The molecule has 0 unspecified atom stereocenters. The standard InChI is InChI=1S/C39H33N5.Pt/c1-38(2,3)26-19-21-40-37(23-26)44-33-13-8-6-11-29(33)30-17-15-28(25-35(30)44)43-34-14-9-7-12-31(34)39(4,5)32-18-16-27(24-36(32)43)42-22-10-20-41-42;/h6-23H,1-5H3;/q-2;+2. The normalized spacial score (nSPS) is 13.8. The fraction of sp³-hybridized carbons (Fsp3) is 0.179. The van der Waals surface area contributed by atoms with E-state index in [0.717, 1.165) is 45.0 Å². The Labute approximate surface area is 278 Å². The van der Waals surface area contributed by atoms with Gasteiger partial charge in [0, 0.05) is 29.8 Å². The third-order valence-corrected chi connectivity index (χ3v) is 9.03. The van der Waals surface area contributed by atoms with E-state index in [0.29, 0.717) is 0 Å². The summed E-state index contributed by atoms with van der Waals surface area (Å²) in [5, 5.41) is 6.82. The van der Waals surface area contributed by atoms with E-state index in [1.165, 1.54) is 22.1 Å². The van der Waals surface area contributed by atoms with Gasteiger partial charge >= 0.3 is 21.1 Å². The van der Waals surface area contributed by atoms with Crippen LogP contribution in [0.25, 0.3) is 33.3 Å².